The van der Waals surface area contributed by atoms with Gasteiger partial charge in [-0.25, -0.2) is 0 Å². The van der Waals surface area contributed by atoms with Gasteiger partial charge in [0, 0.05) is 16.5 Å². The Kier molecular flexibility index (Phi) is 3.50. The van der Waals surface area contributed by atoms with Crippen LogP contribution in [0.15, 0.2) is 22.7 Å². The Morgan fingerprint density at radius 3 is 2.76 bits per heavy atom. The van der Waals surface area contributed by atoms with Crippen LogP contribution in [0.3, 0.4) is 0 Å². The molecule has 0 saturated heterocycles. The zero-order chi connectivity index (χ0) is 12.6. The lowest BCUT2D eigenvalue weighted by molar-refractivity contribution is 0.0447. The lowest BCUT2D eigenvalue weighted by Gasteiger charge is -2.33. The molecule has 1 N–H and O–H groups in total. The van der Waals surface area contributed by atoms with E-state index in [1.807, 2.05) is 18.2 Å². The monoisotopic (exact) mass is 298 g/mol. The second-order valence-corrected chi connectivity index (χ2v) is 6.85. The number of rotatable bonds is 1. The van der Waals surface area contributed by atoms with E-state index in [4.69, 9.17) is 4.74 Å². The molecule has 3 heteroatoms. The van der Waals surface area contributed by atoms with Crippen molar-refractivity contribution >= 4 is 15.9 Å². The van der Waals surface area contributed by atoms with Gasteiger partial charge in [-0.3, -0.25) is 0 Å². The van der Waals surface area contributed by atoms with Crippen molar-refractivity contribution in [2.45, 2.75) is 45.8 Å². The minimum Gasteiger partial charge on any atom is -0.490 e. The molecule has 1 aliphatic heterocycles. The summed E-state index contributed by atoms with van der Waals surface area (Å²) in [5.41, 5.74) is 1.11. The van der Waals surface area contributed by atoms with Gasteiger partial charge < -0.3 is 9.84 Å². The minimum absolute atomic E-state index is 0.110. The maximum absolute atomic E-state index is 10.2. The van der Waals surface area contributed by atoms with Gasteiger partial charge in [0.15, 0.2) is 0 Å². The van der Waals surface area contributed by atoms with Gasteiger partial charge in [-0.05, 0) is 30.0 Å². The number of halogens is 1. The molecule has 1 aromatic rings. The number of hydrogen-bond donors (Lipinski definition) is 1. The van der Waals surface area contributed by atoms with Crippen molar-refractivity contribution in [3.05, 3.63) is 28.2 Å². The quantitative estimate of drug-likeness (QED) is 0.847. The fourth-order valence-corrected chi connectivity index (χ4v) is 2.68. The second kappa shape index (κ2) is 4.62. The van der Waals surface area contributed by atoms with E-state index in [1.54, 1.807) is 0 Å². The first-order chi connectivity index (χ1) is 7.85. The van der Waals surface area contributed by atoms with Gasteiger partial charge in [0.2, 0.25) is 0 Å². The van der Waals surface area contributed by atoms with Gasteiger partial charge in [-0.1, -0.05) is 36.7 Å². The number of hydrogen-bond acceptors (Lipinski definition) is 2. The smallest absolute Gasteiger partial charge is 0.125 e. The molecule has 0 bridgehead atoms. The highest BCUT2D eigenvalue weighted by Gasteiger charge is 2.29. The van der Waals surface area contributed by atoms with E-state index < -0.39 is 6.10 Å². The van der Waals surface area contributed by atoms with Crippen molar-refractivity contribution in [2.75, 3.05) is 0 Å². The van der Waals surface area contributed by atoms with Crippen molar-refractivity contribution in [1.29, 1.82) is 0 Å². The number of benzene rings is 1. The number of aliphatic hydroxyl groups is 1. The molecule has 0 amide bonds. The van der Waals surface area contributed by atoms with Gasteiger partial charge in [-0.2, -0.15) is 0 Å². The molecule has 0 spiro atoms. The molecule has 2 rings (SSSR count). The summed E-state index contributed by atoms with van der Waals surface area (Å²) in [6, 6.07) is 5.82. The predicted octanol–water partition coefficient (Wildman–Crippen LogP) is 4.07. The first-order valence-electron chi connectivity index (χ1n) is 5.99. The van der Waals surface area contributed by atoms with Crippen molar-refractivity contribution in [3.63, 3.8) is 0 Å². The predicted molar refractivity (Wildman–Crippen MR) is 72.2 cm³/mol. The fourth-order valence-electron chi connectivity index (χ4n) is 2.30. The summed E-state index contributed by atoms with van der Waals surface area (Å²) in [6.07, 6.45) is 1.34. The maximum Gasteiger partial charge on any atom is 0.125 e. The third-order valence-electron chi connectivity index (χ3n) is 2.95. The summed E-state index contributed by atoms with van der Waals surface area (Å²) < 4.78 is 6.93. The SMILES string of the molecule is CC(C)(C)CC1CC(O)c2cc(Br)ccc2O1. The van der Waals surface area contributed by atoms with E-state index in [2.05, 4.69) is 36.7 Å². The van der Waals surface area contributed by atoms with Crippen molar-refractivity contribution in [2.24, 2.45) is 5.41 Å². The topological polar surface area (TPSA) is 29.5 Å². The summed E-state index contributed by atoms with van der Waals surface area (Å²) in [6.45, 7) is 6.58. The molecule has 0 saturated carbocycles. The third-order valence-corrected chi connectivity index (χ3v) is 3.44. The molecule has 0 aromatic heterocycles. The van der Waals surface area contributed by atoms with Crippen molar-refractivity contribution < 1.29 is 9.84 Å². The van der Waals surface area contributed by atoms with E-state index in [0.29, 0.717) is 6.42 Å². The first-order valence-corrected chi connectivity index (χ1v) is 6.79. The molecule has 1 aliphatic rings. The maximum atomic E-state index is 10.2. The van der Waals surface area contributed by atoms with Crippen LogP contribution in [0, 0.1) is 5.41 Å². The molecule has 2 nitrogen and oxygen atoms in total. The van der Waals surface area contributed by atoms with Gasteiger partial charge >= 0.3 is 0 Å². The van der Waals surface area contributed by atoms with Crippen LogP contribution in [0.4, 0.5) is 0 Å². The highest BCUT2D eigenvalue weighted by atomic mass is 79.9. The minimum atomic E-state index is -0.413. The molecule has 94 valence electrons. The summed E-state index contributed by atoms with van der Waals surface area (Å²) in [4.78, 5) is 0. The van der Waals surface area contributed by atoms with Crippen LogP contribution in [0.5, 0.6) is 5.75 Å². The van der Waals surface area contributed by atoms with E-state index in [1.165, 1.54) is 0 Å². The van der Waals surface area contributed by atoms with Crippen molar-refractivity contribution in [3.8, 4) is 5.75 Å². The highest BCUT2D eigenvalue weighted by molar-refractivity contribution is 9.10. The van der Waals surface area contributed by atoms with Crippen LogP contribution in [0.1, 0.15) is 45.3 Å². The molecule has 0 aliphatic carbocycles. The lowest BCUT2D eigenvalue weighted by Crippen LogP contribution is -2.29. The zero-order valence-electron chi connectivity index (χ0n) is 10.5. The first kappa shape index (κ1) is 12.9. The highest BCUT2D eigenvalue weighted by Crippen LogP contribution is 2.39. The lowest BCUT2D eigenvalue weighted by atomic mass is 9.85. The summed E-state index contributed by atoms with van der Waals surface area (Å²) in [7, 11) is 0. The average Bonchev–Trinajstić information content (AvgIpc) is 2.17. The summed E-state index contributed by atoms with van der Waals surface area (Å²) in [5.74, 6) is 0.821. The number of aliphatic hydroxyl groups excluding tert-OH is 1. The van der Waals surface area contributed by atoms with Gasteiger partial charge in [0.25, 0.3) is 0 Å². The Morgan fingerprint density at radius 1 is 1.41 bits per heavy atom. The van der Waals surface area contributed by atoms with Crippen LogP contribution >= 0.6 is 15.9 Å². The molecule has 17 heavy (non-hydrogen) atoms. The summed E-state index contributed by atoms with van der Waals surface area (Å²) >= 11 is 3.42. The standard InChI is InChI=1S/C14H19BrO2/c1-14(2,3)8-10-7-12(16)11-6-9(15)4-5-13(11)17-10/h4-6,10,12,16H,7-8H2,1-3H3. The third kappa shape index (κ3) is 3.23. The van der Waals surface area contributed by atoms with Crippen LogP contribution in [-0.2, 0) is 0 Å². The number of ether oxygens (including phenoxy) is 1. The van der Waals surface area contributed by atoms with E-state index >= 15 is 0 Å². The fraction of sp³-hybridized carbons (Fsp3) is 0.571. The van der Waals surface area contributed by atoms with Crippen LogP contribution in [0.25, 0.3) is 0 Å². The Hall–Kier alpha value is -0.540. The molecule has 0 fully saturated rings. The molecule has 1 aromatic carbocycles. The largest absolute Gasteiger partial charge is 0.490 e. The molecule has 0 radical (unpaired) electrons. The molecule has 2 atom stereocenters. The molecule has 1 heterocycles. The summed E-state index contributed by atoms with van der Waals surface area (Å²) in [5, 5.41) is 10.2. The van der Waals surface area contributed by atoms with Gasteiger partial charge in [0.05, 0.1) is 6.10 Å². The van der Waals surface area contributed by atoms with E-state index in [9.17, 15) is 5.11 Å². The van der Waals surface area contributed by atoms with Crippen LogP contribution in [0.2, 0.25) is 0 Å². The van der Waals surface area contributed by atoms with Crippen molar-refractivity contribution in [1.82, 2.24) is 0 Å². The average molecular weight is 299 g/mol. The molecule has 2 unspecified atom stereocenters. The van der Waals surface area contributed by atoms with Gasteiger partial charge in [-0.15, -0.1) is 0 Å². The zero-order valence-corrected chi connectivity index (χ0v) is 12.1. The Morgan fingerprint density at radius 2 is 2.12 bits per heavy atom. The molecular formula is C14H19BrO2. The van der Waals surface area contributed by atoms with E-state index in [-0.39, 0.29) is 11.5 Å². The molecular weight excluding hydrogens is 280 g/mol. The number of fused-ring (bicyclic) bond motifs is 1. The normalized spacial score (nSPS) is 24.1. The Labute approximate surface area is 111 Å². The Balaban J connectivity index is 2.19. The second-order valence-electron chi connectivity index (χ2n) is 5.94. The van der Waals surface area contributed by atoms with E-state index in [0.717, 1.165) is 22.2 Å². The van der Waals surface area contributed by atoms with Gasteiger partial charge in [0.1, 0.15) is 11.9 Å². The van der Waals surface area contributed by atoms with Crippen LogP contribution in [-0.4, -0.2) is 11.2 Å². The Bertz CT molecular complexity index is 409. The van der Waals surface area contributed by atoms with Crippen LogP contribution < -0.4 is 4.74 Å².